The fourth-order valence-corrected chi connectivity index (χ4v) is 3.28. The number of benzene rings is 2. The SMILES string of the molecule is COc1cccc(Cc2cccc([C@@H]3O[C@H](CO)[C@@H](O)[C@H](O)[C@H]3O)c2)c1. The van der Waals surface area contributed by atoms with Crippen LogP contribution in [0.15, 0.2) is 48.5 Å². The van der Waals surface area contributed by atoms with Crippen LogP contribution in [0.1, 0.15) is 22.8 Å². The van der Waals surface area contributed by atoms with Crippen molar-refractivity contribution in [1.82, 2.24) is 0 Å². The van der Waals surface area contributed by atoms with E-state index in [0.29, 0.717) is 12.0 Å². The van der Waals surface area contributed by atoms with E-state index in [9.17, 15) is 20.4 Å². The fraction of sp³-hybridized carbons (Fsp3) is 0.400. The molecule has 3 rings (SSSR count). The Hall–Kier alpha value is -1.96. The van der Waals surface area contributed by atoms with Gasteiger partial charge in [-0.05, 0) is 35.2 Å². The highest BCUT2D eigenvalue weighted by molar-refractivity contribution is 5.35. The Morgan fingerprint density at radius 2 is 1.62 bits per heavy atom. The molecule has 0 unspecified atom stereocenters. The maximum atomic E-state index is 10.3. The molecule has 26 heavy (non-hydrogen) atoms. The van der Waals surface area contributed by atoms with Gasteiger partial charge in [-0.15, -0.1) is 0 Å². The normalized spacial score (nSPS) is 28.7. The van der Waals surface area contributed by atoms with Crippen molar-refractivity contribution >= 4 is 0 Å². The van der Waals surface area contributed by atoms with E-state index in [1.165, 1.54) is 0 Å². The molecule has 140 valence electrons. The Morgan fingerprint density at radius 1 is 0.923 bits per heavy atom. The molecule has 0 radical (unpaired) electrons. The first kappa shape index (κ1) is 18.8. The van der Waals surface area contributed by atoms with Crippen LogP contribution in [0.3, 0.4) is 0 Å². The average molecular weight is 360 g/mol. The molecule has 0 aliphatic carbocycles. The summed E-state index contributed by atoms with van der Waals surface area (Å²) in [4.78, 5) is 0. The summed E-state index contributed by atoms with van der Waals surface area (Å²) in [6.45, 7) is -0.440. The molecule has 5 atom stereocenters. The summed E-state index contributed by atoms with van der Waals surface area (Å²) in [6.07, 6.45) is -5.09. The van der Waals surface area contributed by atoms with Gasteiger partial charge in [-0.25, -0.2) is 0 Å². The first-order chi connectivity index (χ1) is 12.5. The number of rotatable bonds is 5. The Bertz CT molecular complexity index is 732. The maximum absolute atomic E-state index is 10.3. The van der Waals surface area contributed by atoms with Crippen LogP contribution in [0.2, 0.25) is 0 Å². The van der Waals surface area contributed by atoms with Crippen molar-refractivity contribution in [3.63, 3.8) is 0 Å². The minimum atomic E-state index is -1.38. The van der Waals surface area contributed by atoms with Crippen molar-refractivity contribution < 1.29 is 29.9 Å². The summed E-state index contributed by atoms with van der Waals surface area (Å²) in [7, 11) is 1.62. The minimum absolute atomic E-state index is 0.440. The molecule has 1 aliphatic heterocycles. The highest BCUT2D eigenvalue weighted by atomic mass is 16.5. The Labute approximate surface area is 152 Å². The Kier molecular flexibility index (Phi) is 5.90. The molecule has 0 aromatic heterocycles. The largest absolute Gasteiger partial charge is 0.497 e. The van der Waals surface area contributed by atoms with Crippen LogP contribution in [0.5, 0.6) is 5.75 Å². The van der Waals surface area contributed by atoms with Crippen LogP contribution in [0.25, 0.3) is 0 Å². The van der Waals surface area contributed by atoms with Gasteiger partial charge in [-0.1, -0.05) is 36.4 Å². The molecule has 6 nitrogen and oxygen atoms in total. The molecule has 2 aromatic rings. The van der Waals surface area contributed by atoms with E-state index in [4.69, 9.17) is 9.47 Å². The second-order valence-corrected chi connectivity index (χ2v) is 6.52. The van der Waals surface area contributed by atoms with Crippen molar-refractivity contribution in [1.29, 1.82) is 0 Å². The molecule has 0 amide bonds. The van der Waals surface area contributed by atoms with Gasteiger partial charge in [0.15, 0.2) is 0 Å². The summed E-state index contributed by atoms with van der Waals surface area (Å²) in [5, 5.41) is 39.5. The second-order valence-electron chi connectivity index (χ2n) is 6.52. The first-order valence-corrected chi connectivity index (χ1v) is 8.55. The van der Waals surface area contributed by atoms with Gasteiger partial charge < -0.3 is 29.9 Å². The molecular formula is C20H24O6. The molecule has 1 heterocycles. The second kappa shape index (κ2) is 8.16. The third-order valence-electron chi connectivity index (χ3n) is 4.71. The van der Waals surface area contributed by atoms with E-state index in [2.05, 4.69) is 0 Å². The highest BCUT2D eigenvalue weighted by Crippen LogP contribution is 2.33. The zero-order valence-corrected chi connectivity index (χ0v) is 14.5. The van der Waals surface area contributed by atoms with Gasteiger partial charge in [0, 0.05) is 0 Å². The van der Waals surface area contributed by atoms with E-state index in [-0.39, 0.29) is 0 Å². The van der Waals surface area contributed by atoms with E-state index in [1.807, 2.05) is 42.5 Å². The van der Waals surface area contributed by atoms with Crippen molar-refractivity contribution in [2.45, 2.75) is 36.9 Å². The van der Waals surface area contributed by atoms with Gasteiger partial charge >= 0.3 is 0 Å². The van der Waals surface area contributed by atoms with Gasteiger partial charge in [-0.3, -0.25) is 0 Å². The Morgan fingerprint density at radius 3 is 2.31 bits per heavy atom. The molecule has 0 saturated carbocycles. The van der Waals surface area contributed by atoms with Gasteiger partial charge in [0.1, 0.15) is 36.3 Å². The predicted octanol–water partition coefficient (Wildman–Crippen LogP) is 0.801. The smallest absolute Gasteiger partial charge is 0.119 e. The molecule has 4 N–H and O–H groups in total. The molecule has 1 fully saturated rings. The summed E-state index contributed by atoms with van der Waals surface area (Å²) in [5.41, 5.74) is 2.77. The zero-order valence-electron chi connectivity index (χ0n) is 14.5. The molecule has 1 saturated heterocycles. The van der Waals surface area contributed by atoms with Gasteiger partial charge in [-0.2, -0.15) is 0 Å². The topological polar surface area (TPSA) is 99.4 Å². The molecule has 6 heteroatoms. The maximum Gasteiger partial charge on any atom is 0.119 e. The third-order valence-corrected chi connectivity index (χ3v) is 4.71. The summed E-state index contributed by atoms with van der Waals surface area (Å²) in [5.74, 6) is 0.785. The molecule has 2 aromatic carbocycles. The first-order valence-electron chi connectivity index (χ1n) is 8.55. The zero-order chi connectivity index (χ0) is 18.7. The lowest BCUT2D eigenvalue weighted by Gasteiger charge is -2.40. The van der Waals surface area contributed by atoms with Gasteiger partial charge in [0.05, 0.1) is 13.7 Å². The number of aliphatic hydroxyl groups is 4. The summed E-state index contributed by atoms with van der Waals surface area (Å²) in [6, 6.07) is 15.3. The monoisotopic (exact) mass is 360 g/mol. The van der Waals surface area contributed by atoms with Crippen LogP contribution in [-0.4, -0.2) is 58.6 Å². The standard InChI is InChI=1S/C20H24O6/c1-25-15-7-3-5-13(10-15)8-12-4-2-6-14(9-12)20-19(24)18(23)17(22)16(11-21)26-20/h2-7,9-10,16-24H,8,11H2,1H3/t16-,17-,18+,19-,20+/m1/s1. The lowest BCUT2D eigenvalue weighted by Crippen LogP contribution is -2.55. The van der Waals surface area contributed by atoms with E-state index in [0.717, 1.165) is 16.9 Å². The lowest BCUT2D eigenvalue weighted by atomic mass is 9.90. The number of hydrogen-bond donors (Lipinski definition) is 4. The minimum Gasteiger partial charge on any atom is -0.497 e. The molecular weight excluding hydrogens is 336 g/mol. The number of aliphatic hydroxyl groups excluding tert-OH is 4. The highest BCUT2D eigenvalue weighted by Gasteiger charge is 2.43. The van der Waals surface area contributed by atoms with Crippen LogP contribution in [0, 0.1) is 0 Å². The number of hydrogen-bond acceptors (Lipinski definition) is 6. The number of ether oxygens (including phenoxy) is 2. The molecule has 1 aliphatic rings. The lowest BCUT2D eigenvalue weighted by molar-refractivity contribution is -0.231. The van der Waals surface area contributed by atoms with Gasteiger partial charge in [0.2, 0.25) is 0 Å². The van der Waals surface area contributed by atoms with E-state index >= 15 is 0 Å². The Balaban J connectivity index is 1.82. The summed E-state index contributed by atoms with van der Waals surface area (Å²) < 4.78 is 10.9. The van der Waals surface area contributed by atoms with Gasteiger partial charge in [0.25, 0.3) is 0 Å². The van der Waals surface area contributed by atoms with Crippen molar-refractivity contribution in [2.24, 2.45) is 0 Å². The van der Waals surface area contributed by atoms with E-state index < -0.39 is 37.1 Å². The third kappa shape index (κ3) is 3.90. The predicted molar refractivity (Wildman–Crippen MR) is 95.0 cm³/mol. The van der Waals surface area contributed by atoms with Crippen LogP contribution in [0.4, 0.5) is 0 Å². The van der Waals surface area contributed by atoms with Crippen LogP contribution in [-0.2, 0) is 11.2 Å². The van der Waals surface area contributed by atoms with E-state index in [1.54, 1.807) is 13.2 Å². The van der Waals surface area contributed by atoms with Crippen molar-refractivity contribution in [3.05, 3.63) is 65.2 Å². The van der Waals surface area contributed by atoms with Crippen LogP contribution >= 0.6 is 0 Å². The van der Waals surface area contributed by atoms with Crippen molar-refractivity contribution in [3.8, 4) is 5.75 Å². The molecule has 0 spiro atoms. The fourth-order valence-electron chi connectivity index (χ4n) is 3.28. The van der Waals surface area contributed by atoms with Crippen LogP contribution < -0.4 is 4.74 Å². The summed E-state index contributed by atoms with van der Waals surface area (Å²) >= 11 is 0. The molecule has 0 bridgehead atoms. The quantitative estimate of drug-likeness (QED) is 0.630. The number of methoxy groups -OCH3 is 1. The van der Waals surface area contributed by atoms with Crippen molar-refractivity contribution in [2.75, 3.05) is 13.7 Å². The average Bonchev–Trinajstić information content (AvgIpc) is 2.67.